The number of likely N-dealkylation sites (tertiary alicyclic amines) is 1. The zero-order valence-corrected chi connectivity index (χ0v) is 47.6. The first-order valence-corrected chi connectivity index (χ1v) is 27.6. The third-order valence-corrected chi connectivity index (χ3v) is 13.4. The lowest BCUT2D eigenvalue weighted by atomic mass is 9.99. The predicted molar refractivity (Wildman–Crippen MR) is 300 cm³/mol. The monoisotopic (exact) mass is 1150 g/mol. The number of carbonyl (C=O) groups is 11. The fourth-order valence-electron chi connectivity index (χ4n) is 8.66. The van der Waals surface area contributed by atoms with Gasteiger partial charge in [-0.25, -0.2) is 4.79 Å². The molecule has 1 aliphatic rings. The number of hydrogen-bond acceptors (Lipinski definition) is 15. The van der Waals surface area contributed by atoms with Gasteiger partial charge in [0.2, 0.25) is 53.2 Å². The van der Waals surface area contributed by atoms with Gasteiger partial charge in [0.05, 0.1) is 6.54 Å². The minimum absolute atomic E-state index is 0.0498. The van der Waals surface area contributed by atoms with Crippen LogP contribution in [0.25, 0.3) is 0 Å². The molecule has 1 heterocycles. The highest BCUT2D eigenvalue weighted by atomic mass is 32.1. The van der Waals surface area contributed by atoms with Crippen molar-refractivity contribution in [3.8, 4) is 0 Å². The summed E-state index contributed by atoms with van der Waals surface area (Å²) in [6.07, 6.45) is 0.673. The van der Waals surface area contributed by atoms with Crippen LogP contribution >= 0.6 is 12.6 Å². The highest BCUT2D eigenvalue weighted by Gasteiger charge is 2.38. The molecule has 9 atom stereocenters. The second-order valence-corrected chi connectivity index (χ2v) is 21.1. The molecule has 2 rings (SSSR count). The Labute approximate surface area is 472 Å². The summed E-state index contributed by atoms with van der Waals surface area (Å²) in [7, 11) is 0. The van der Waals surface area contributed by atoms with Gasteiger partial charge in [-0.15, -0.1) is 0 Å². The molecule has 0 aliphatic carbocycles. The number of thiol groups is 1. The van der Waals surface area contributed by atoms with Crippen molar-refractivity contribution >= 4 is 83.7 Å². The van der Waals surface area contributed by atoms with Crippen molar-refractivity contribution < 1.29 is 63.0 Å². The number of carboxylic acid groups (broad SMARTS) is 2. The maximum Gasteiger partial charge on any atom is 0.326 e. The van der Waals surface area contributed by atoms with Crippen LogP contribution in [0.5, 0.6) is 0 Å². The van der Waals surface area contributed by atoms with E-state index in [0.717, 1.165) is 0 Å². The van der Waals surface area contributed by atoms with Crippen LogP contribution in [0.2, 0.25) is 0 Å². The quantitative estimate of drug-likeness (QED) is 0.0143. The molecule has 1 aromatic rings. The molecule has 0 saturated carbocycles. The van der Waals surface area contributed by atoms with E-state index < -0.39 is 144 Å². The van der Waals surface area contributed by atoms with Gasteiger partial charge < -0.3 is 80.6 Å². The molecule has 9 amide bonds. The van der Waals surface area contributed by atoms with E-state index in [1.807, 2.05) is 0 Å². The number of guanidine groups is 1. The van der Waals surface area contributed by atoms with Crippen LogP contribution in [0.1, 0.15) is 111 Å². The van der Waals surface area contributed by atoms with Gasteiger partial charge in [0.25, 0.3) is 0 Å². The second kappa shape index (κ2) is 35.5. The summed E-state index contributed by atoms with van der Waals surface area (Å²) in [5, 5.41) is 40.2. The molecule has 0 radical (unpaired) electrons. The summed E-state index contributed by atoms with van der Waals surface area (Å²) in [4.78, 5) is 153. The normalized spacial score (nSPS) is 16.1. The van der Waals surface area contributed by atoms with Gasteiger partial charge in [-0.05, 0) is 87.6 Å². The highest BCUT2D eigenvalue weighted by molar-refractivity contribution is 7.80. The first-order valence-electron chi connectivity index (χ1n) is 27.0. The van der Waals surface area contributed by atoms with E-state index in [1.165, 1.54) is 4.90 Å². The van der Waals surface area contributed by atoms with E-state index in [-0.39, 0.29) is 82.3 Å². The first kappa shape index (κ1) is 69.0. The molecule has 1 fully saturated rings. The maximum atomic E-state index is 14.3. The molecular formula is C52H86N14O13S. The van der Waals surface area contributed by atoms with Gasteiger partial charge in [-0.1, -0.05) is 71.9 Å². The SMILES string of the molecule is CC(C)C[C@H](NC(=O)[C@@H](NC(=O)[C@H](CCCCN)NC(=O)[C@@H](NC(=O)[C@H](CS)NC(=O)[C@H](Cc1ccccc1)NC(=O)[C@H](CCC(=O)O)NC(=O)[C@H](CCCN=C(N)N)NC(=O)[C@@H]1CCCN1C(=O)CN)C(C)C)C(C)C)C(=O)O. The van der Waals surface area contributed by atoms with Gasteiger partial charge >= 0.3 is 11.9 Å². The summed E-state index contributed by atoms with van der Waals surface area (Å²) in [6, 6.07) is -3.37. The summed E-state index contributed by atoms with van der Waals surface area (Å²) in [6.45, 7) is 10.4. The standard InChI is InChI=1S/C52H86N14O13S/c1-28(2)24-36(51(78)79)62-50(77)42(30(5)6)64-45(72)32(16-10-11-21-53)60-49(76)41(29(3)4)65-47(74)37(27-80)63-46(73)35(25-31-14-8-7-9-15-31)61-44(71)34(19-20-40(68)69)58-43(70)33(17-12-22-57-52(55)56)59-48(75)38-18-13-23-66(38)39(67)26-54/h7-9,14-15,28-30,32-38,41-42,80H,10-13,16-27,53-54H2,1-6H3,(H,58,70)(H,59,75)(H,60,76)(H,61,71)(H,62,77)(H,63,73)(H,64,72)(H,65,74)(H,68,69)(H,78,79)(H4,55,56,57)/t32-,33-,34-,35-,36-,37-,38-,41-,42-/m0/s1. The van der Waals surface area contributed by atoms with Gasteiger partial charge in [-0.2, -0.15) is 12.6 Å². The molecule has 28 heteroatoms. The molecule has 0 spiro atoms. The number of unbranched alkanes of at least 4 members (excludes halogenated alkanes) is 1. The Morgan fingerprint density at radius 1 is 0.625 bits per heavy atom. The van der Waals surface area contributed by atoms with E-state index in [1.54, 1.807) is 71.9 Å². The van der Waals surface area contributed by atoms with Gasteiger partial charge in [0, 0.05) is 31.7 Å². The van der Waals surface area contributed by atoms with Crippen molar-refractivity contribution in [2.75, 3.05) is 31.9 Å². The number of aliphatic imine (C=N–C) groups is 1. The van der Waals surface area contributed by atoms with Crippen LogP contribution in [0.4, 0.5) is 0 Å². The number of nitrogens with one attached hydrogen (secondary N) is 8. The van der Waals surface area contributed by atoms with E-state index in [0.29, 0.717) is 24.8 Å². The third kappa shape index (κ3) is 24.1. The molecule has 1 aliphatic heterocycles. The van der Waals surface area contributed by atoms with E-state index >= 15 is 0 Å². The summed E-state index contributed by atoms with van der Waals surface area (Å²) >= 11 is 4.31. The minimum atomic E-state index is -1.61. The zero-order chi connectivity index (χ0) is 60.2. The van der Waals surface area contributed by atoms with Gasteiger partial charge in [0.1, 0.15) is 54.4 Å². The molecular weight excluding hydrogens is 1060 g/mol. The van der Waals surface area contributed by atoms with Crippen LogP contribution in [0.3, 0.4) is 0 Å². The number of amides is 9. The number of carbonyl (C=O) groups excluding carboxylic acids is 9. The van der Waals surface area contributed by atoms with Crippen molar-refractivity contribution in [1.29, 1.82) is 0 Å². The Bertz CT molecular complexity index is 2290. The molecule has 0 aromatic heterocycles. The van der Waals surface area contributed by atoms with E-state index in [4.69, 9.17) is 22.9 Å². The first-order chi connectivity index (χ1) is 37.7. The minimum Gasteiger partial charge on any atom is -0.481 e. The average Bonchev–Trinajstić information content (AvgIpc) is 3.90. The van der Waals surface area contributed by atoms with Crippen molar-refractivity contribution in [1.82, 2.24) is 47.4 Å². The second-order valence-electron chi connectivity index (χ2n) is 20.8. The Balaban J connectivity index is 2.42. The van der Waals surface area contributed by atoms with E-state index in [2.05, 4.69) is 60.2 Å². The smallest absolute Gasteiger partial charge is 0.326 e. The third-order valence-electron chi connectivity index (χ3n) is 13.0. The molecule has 1 aromatic carbocycles. The fourth-order valence-corrected chi connectivity index (χ4v) is 8.91. The molecule has 18 N–H and O–H groups in total. The van der Waals surface area contributed by atoms with Crippen LogP contribution in [-0.2, 0) is 59.2 Å². The number of carboxylic acids is 2. The number of nitrogens with zero attached hydrogens (tertiary/aromatic N) is 2. The van der Waals surface area contributed by atoms with Crippen LogP contribution < -0.4 is 65.5 Å². The Morgan fingerprint density at radius 3 is 1.62 bits per heavy atom. The van der Waals surface area contributed by atoms with Crippen molar-refractivity contribution in [2.24, 2.45) is 45.7 Å². The van der Waals surface area contributed by atoms with Gasteiger partial charge in [-0.3, -0.25) is 52.9 Å². The molecule has 27 nitrogen and oxygen atoms in total. The molecule has 0 bridgehead atoms. The molecule has 80 heavy (non-hydrogen) atoms. The lowest BCUT2D eigenvalue weighted by Gasteiger charge is -2.29. The average molecular weight is 1150 g/mol. The number of benzene rings is 1. The molecule has 1 saturated heterocycles. The molecule has 448 valence electrons. The largest absolute Gasteiger partial charge is 0.481 e. The molecule has 0 unspecified atom stereocenters. The van der Waals surface area contributed by atoms with Crippen molar-refractivity contribution in [3.63, 3.8) is 0 Å². The summed E-state index contributed by atoms with van der Waals surface area (Å²) in [5.41, 5.74) is 22.8. The van der Waals surface area contributed by atoms with Gasteiger partial charge in [0.15, 0.2) is 5.96 Å². The lowest BCUT2D eigenvalue weighted by Crippen LogP contribution is -2.62. The Morgan fingerprint density at radius 2 is 1.11 bits per heavy atom. The highest BCUT2D eigenvalue weighted by Crippen LogP contribution is 2.19. The lowest BCUT2D eigenvalue weighted by molar-refractivity contribution is -0.143. The Kier molecular flexibility index (Phi) is 30.7. The zero-order valence-electron chi connectivity index (χ0n) is 46.7. The Hall–Kier alpha value is -7.07. The summed E-state index contributed by atoms with van der Waals surface area (Å²) < 4.78 is 0. The fraction of sp³-hybridized carbons (Fsp3) is 0.654. The number of rotatable bonds is 36. The number of aliphatic carboxylic acids is 2. The van der Waals surface area contributed by atoms with Crippen LogP contribution in [-0.4, -0.2) is 172 Å². The number of hydrogen-bond donors (Lipinski definition) is 15. The van der Waals surface area contributed by atoms with E-state index in [9.17, 15) is 63.0 Å². The summed E-state index contributed by atoms with van der Waals surface area (Å²) in [5.74, 6) is -11.4. The maximum absolute atomic E-state index is 14.3. The van der Waals surface area contributed by atoms with Crippen LogP contribution in [0.15, 0.2) is 35.3 Å². The predicted octanol–water partition coefficient (Wildman–Crippen LogP) is -2.52. The van der Waals surface area contributed by atoms with Crippen molar-refractivity contribution in [3.05, 3.63) is 35.9 Å². The van der Waals surface area contributed by atoms with Crippen LogP contribution in [0, 0.1) is 17.8 Å². The van der Waals surface area contributed by atoms with Crippen molar-refractivity contribution in [2.45, 2.75) is 167 Å². The topological polar surface area (TPSA) is 444 Å². The number of nitrogens with two attached hydrogens (primary N) is 4.